The van der Waals surface area contributed by atoms with E-state index in [4.69, 9.17) is 4.74 Å². The van der Waals surface area contributed by atoms with Gasteiger partial charge in [-0.3, -0.25) is 0 Å². The van der Waals surface area contributed by atoms with E-state index in [0.29, 0.717) is 5.75 Å². The average Bonchev–Trinajstić information content (AvgIpc) is 2.46. The van der Waals surface area contributed by atoms with Crippen LogP contribution in [0.15, 0.2) is 18.2 Å². The number of aromatic hydroxyl groups is 1. The summed E-state index contributed by atoms with van der Waals surface area (Å²) in [6, 6.07) is 6.02. The molecule has 2 rings (SSSR count). The summed E-state index contributed by atoms with van der Waals surface area (Å²) in [4.78, 5) is 0. The first-order chi connectivity index (χ1) is 9.58. The molecule has 0 spiro atoms. The van der Waals surface area contributed by atoms with Gasteiger partial charge in [0.05, 0.1) is 0 Å². The fraction of sp³-hybridized carbons (Fsp3) is 0.647. The minimum Gasteiger partial charge on any atom is -1.00 e. The van der Waals surface area contributed by atoms with Crippen LogP contribution in [0.3, 0.4) is 0 Å². The fourth-order valence-electron chi connectivity index (χ4n) is 3.72. The first kappa shape index (κ1) is 18.3. The van der Waals surface area contributed by atoms with E-state index >= 15 is 0 Å². The number of fused-ring (bicyclic) bond motifs is 1. The van der Waals surface area contributed by atoms with Gasteiger partial charge < -0.3 is 28.0 Å². The molecular formula is C17H28ClNO2. The van der Waals surface area contributed by atoms with Crippen molar-refractivity contribution in [1.82, 2.24) is 0 Å². The minimum absolute atomic E-state index is 0. The van der Waals surface area contributed by atoms with E-state index in [1.807, 2.05) is 6.07 Å². The Morgan fingerprint density at radius 3 is 2.52 bits per heavy atom. The molecule has 0 bridgehead atoms. The van der Waals surface area contributed by atoms with Crippen LogP contribution in [0.25, 0.3) is 0 Å². The molecule has 1 aromatic rings. The van der Waals surface area contributed by atoms with Crippen molar-refractivity contribution >= 4 is 0 Å². The number of quaternary nitrogens is 1. The van der Waals surface area contributed by atoms with Gasteiger partial charge in [-0.15, -0.1) is 0 Å². The van der Waals surface area contributed by atoms with Crippen LogP contribution in [-0.2, 0) is 16.6 Å². The molecule has 0 aliphatic heterocycles. The van der Waals surface area contributed by atoms with E-state index in [9.17, 15) is 5.11 Å². The van der Waals surface area contributed by atoms with E-state index in [1.54, 1.807) is 6.07 Å². The Balaban J connectivity index is 0.00000220. The number of benzene rings is 1. The summed E-state index contributed by atoms with van der Waals surface area (Å²) in [5.74, 6) is 0.357. The Morgan fingerprint density at radius 1 is 1.29 bits per heavy atom. The number of halogens is 1. The number of hydrogen-bond acceptors (Lipinski definition) is 2. The maximum absolute atomic E-state index is 9.85. The molecule has 0 fully saturated rings. The normalized spacial score (nSPS) is 23.2. The lowest BCUT2D eigenvalue weighted by atomic mass is 9.63. The molecule has 0 saturated heterocycles. The second-order valence-corrected chi connectivity index (χ2v) is 5.92. The summed E-state index contributed by atoms with van der Waals surface area (Å²) in [6.07, 6.45) is 4.19. The van der Waals surface area contributed by atoms with E-state index in [0.717, 1.165) is 32.3 Å². The molecule has 2 atom stereocenters. The van der Waals surface area contributed by atoms with Crippen LogP contribution in [-0.4, -0.2) is 23.9 Å². The van der Waals surface area contributed by atoms with E-state index in [-0.39, 0.29) is 30.0 Å². The van der Waals surface area contributed by atoms with Crippen LogP contribution in [0.5, 0.6) is 5.75 Å². The monoisotopic (exact) mass is 313 g/mol. The standard InChI is InChI=1S/C17H27NO2.ClH/c1-4-9-20-15-10-12-7-8-13(19)11-14(12)17(5-2,6-3)16(15)18;/h7-8,11,15-16,19H,4-6,9-10,18H2,1-3H3;1H/t15-,16+;/m1./s1. The van der Waals surface area contributed by atoms with Gasteiger partial charge in [0, 0.05) is 18.4 Å². The maximum Gasteiger partial charge on any atom is 0.121 e. The molecule has 0 saturated carbocycles. The van der Waals surface area contributed by atoms with Gasteiger partial charge in [-0.05, 0) is 42.5 Å². The molecule has 21 heavy (non-hydrogen) atoms. The predicted molar refractivity (Wildman–Crippen MR) is 80.8 cm³/mol. The topological polar surface area (TPSA) is 57.1 Å². The van der Waals surface area contributed by atoms with Gasteiger partial charge in [-0.2, -0.15) is 0 Å². The molecular weight excluding hydrogens is 286 g/mol. The fourth-order valence-corrected chi connectivity index (χ4v) is 3.72. The summed E-state index contributed by atoms with van der Waals surface area (Å²) in [5.41, 5.74) is 7.06. The summed E-state index contributed by atoms with van der Waals surface area (Å²) in [5, 5.41) is 9.85. The SMILES string of the molecule is CCCO[C@@H]1Cc2ccc(O)cc2C(CC)(CC)[C@H]1[NH3+].[Cl-]. The molecule has 120 valence electrons. The predicted octanol–water partition coefficient (Wildman–Crippen LogP) is -0.584. The van der Waals surface area contributed by atoms with Gasteiger partial charge in [0.25, 0.3) is 0 Å². The van der Waals surface area contributed by atoms with Crippen molar-refractivity contribution < 1.29 is 28.0 Å². The molecule has 0 heterocycles. The van der Waals surface area contributed by atoms with E-state index < -0.39 is 0 Å². The van der Waals surface area contributed by atoms with Crippen molar-refractivity contribution in [1.29, 1.82) is 0 Å². The highest BCUT2D eigenvalue weighted by Crippen LogP contribution is 2.43. The highest BCUT2D eigenvalue weighted by molar-refractivity contribution is 5.44. The molecule has 3 nitrogen and oxygen atoms in total. The first-order valence-corrected chi connectivity index (χ1v) is 7.86. The Morgan fingerprint density at radius 2 is 1.95 bits per heavy atom. The van der Waals surface area contributed by atoms with Gasteiger partial charge in [0.2, 0.25) is 0 Å². The van der Waals surface area contributed by atoms with Crippen LogP contribution < -0.4 is 18.1 Å². The largest absolute Gasteiger partial charge is 1.00 e. The Bertz CT molecular complexity index is 460. The van der Waals surface area contributed by atoms with Gasteiger partial charge in [0.1, 0.15) is 17.9 Å². The zero-order valence-electron chi connectivity index (χ0n) is 13.4. The molecule has 1 aromatic carbocycles. The molecule has 0 aromatic heterocycles. The second kappa shape index (κ2) is 7.48. The van der Waals surface area contributed by atoms with Crippen LogP contribution in [0.1, 0.15) is 51.2 Å². The number of phenolic OH excluding ortho intramolecular Hbond substituents is 1. The third kappa shape index (κ3) is 3.20. The van der Waals surface area contributed by atoms with E-state index in [2.05, 4.69) is 32.6 Å². The Labute approximate surface area is 134 Å². The summed E-state index contributed by atoms with van der Waals surface area (Å²) in [6.45, 7) is 7.38. The van der Waals surface area contributed by atoms with E-state index in [1.165, 1.54) is 11.1 Å². The molecule has 0 unspecified atom stereocenters. The van der Waals surface area contributed by atoms with Gasteiger partial charge in [0.15, 0.2) is 0 Å². The smallest absolute Gasteiger partial charge is 0.121 e. The van der Waals surface area contributed by atoms with Crippen molar-refractivity contribution in [3.05, 3.63) is 29.3 Å². The van der Waals surface area contributed by atoms with Crippen molar-refractivity contribution in [2.45, 2.75) is 64.0 Å². The number of phenols is 1. The molecule has 1 aliphatic carbocycles. The highest BCUT2D eigenvalue weighted by atomic mass is 35.5. The van der Waals surface area contributed by atoms with Crippen LogP contribution in [0.2, 0.25) is 0 Å². The van der Waals surface area contributed by atoms with Crippen LogP contribution in [0.4, 0.5) is 0 Å². The summed E-state index contributed by atoms with van der Waals surface area (Å²) in [7, 11) is 0. The number of rotatable bonds is 5. The van der Waals surface area contributed by atoms with Crippen molar-refractivity contribution in [2.24, 2.45) is 0 Å². The first-order valence-electron chi connectivity index (χ1n) is 7.86. The molecule has 0 amide bonds. The molecule has 0 radical (unpaired) electrons. The van der Waals surface area contributed by atoms with Crippen molar-refractivity contribution in [3.63, 3.8) is 0 Å². The number of hydrogen-bond donors (Lipinski definition) is 2. The quantitative estimate of drug-likeness (QED) is 0.764. The van der Waals surface area contributed by atoms with Gasteiger partial charge >= 0.3 is 0 Å². The number of ether oxygens (including phenoxy) is 1. The molecule has 4 heteroatoms. The third-order valence-corrected chi connectivity index (χ3v) is 5.01. The Kier molecular flexibility index (Phi) is 6.51. The average molecular weight is 314 g/mol. The second-order valence-electron chi connectivity index (χ2n) is 5.92. The molecule has 4 N–H and O–H groups in total. The zero-order valence-corrected chi connectivity index (χ0v) is 14.1. The Hall–Kier alpha value is -0.770. The minimum atomic E-state index is 0. The highest BCUT2D eigenvalue weighted by Gasteiger charge is 2.48. The summed E-state index contributed by atoms with van der Waals surface area (Å²) >= 11 is 0. The lowest BCUT2D eigenvalue weighted by Gasteiger charge is -2.44. The van der Waals surface area contributed by atoms with Crippen molar-refractivity contribution in [3.8, 4) is 5.75 Å². The van der Waals surface area contributed by atoms with Gasteiger partial charge in [-0.25, -0.2) is 0 Å². The van der Waals surface area contributed by atoms with Crippen LogP contribution >= 0.6 is 0 Å². The van der Waals surface area contributed by atoms with Crippen LogP contribution in [0, 0.1) is 0 Å². The summed E-state index contributed by atoms with van der Waals surface area (Å²) < 4.78 is 6.07. The molecule has 1 aliphatic rings. The third-order valence-electron chi connectivity index (χ3n) is 5.01. The maximum atomic E-state index is 9.85. The lowest BCUT2D eigenvalue weighted by molar-refractivity contribution is -0.460. The van der Waals surface area contributed by atoms with Gasteiger partial charge in [-0.1, -0.05) is 26.8 Å². The zero-order chi connectivity index (χ0) is 14.8. The van der Waals surface area contributed by atoms with Crippen molar-refractivity contribution in [2.75, 3.05) is 6.61 Å². The lowest BCUT2D eigenvalue weighted by Crippen LogP contribution is -3.00.